The standard InChI is InChI=1S/C31H40O7/c1-10-21-22-16-19(12-11-15-36-28(32)30(2,3)4)17-25(35-9)27(22)38-26(21)20-13-14-23(24(18-20)34-8)37-29(33)31(5,6)7/h10,13-14,16-18,21,26H,1,11-12,15H2,2-9H3/t21-,26-/m1/s1. The summed E-state index contributed by atoms with van der Waals surface area (Å²) in [5.41, 5.74) is 1.74. The Kier molecular flexibility index (Phi) is 8.80. The quantitative estimate of drug-likeness (QED) is 0.159. The number of hydrogen-bond acceptors (Lipinski definition) is 7. The van der Waals surface area contributed by atoms with Gasteiger partial charge in [-0.15, -0.1) is 6.58 Å². The van der Waals surface area contributed by atoms with Crippen molar-refractivity contribution in [1.82, 2.24) is 0 Å². The van der Waals surface area contributed by atoms with Crippen LogP contribution in [-0.4, -0.2) is 32.8 Å². The Bertz CT molecular complexity index is 1180. The zero-order valence-corrected chi connectivity index (χ0v) is 23.8. The van der Waals surface area contributed by atoms with Crippen LogP contribution in [0.3, 0.4) is 0 Å². The maximum atomic E-state index is 12.4. The molecule has 1 aliphatic rings. The first-order chi connectivity index (χ1) is 17.8. The number of carbonyl (C=O) groups excluding carboxylic acids is 2. The van der Waals surface area contributed by atoms with Crippen LogP contribution in [0.2, 0.25) is 0 Å². The molecule has 0 saturated carbocycles. The Hall–Kier alpha value is -3.48. The van der Waals surface area contributed by atoms with Crippen LogP contribution in [0.25, 0.3) is 0 Å². The number of fused-ring (bicyclic) bond motifs is 1. The number of hydrogen-bond donors (Lipinski definition) is 0. The summed E-state index contributed by atoms with van der Waals surface area (Å²) in [6, 6.07) is 9.49. The van der Waals surface area contributed by atoms with Gasteiger partial charge in [-0.2, -0.15) is 0 Å². The van der Waals surface area contributed by atoms with Crippen LogP contribution in [-0.2, 0) is 20.7 Å². The second-order valence-corrected chi connectivity index (χ2v) is 11.6. The lowest BCUT2D eigenvalue weighted by Gasteiger charge is -2.20. The van der Waals surface area contributed by atoms with E-state index in [1.165, 1.54) is 7.11 Å². The van der Waals surface area contributed by atoms with E-state index in [4.69, 9.17) is 23.7 Å². The zero-order chi connectivity index (χ0) is 28.3. The third-order valence-electron chi connectivity index (χ3n) is 6.33. The van der Waals surface area contributed by atoms with E-state index in [2.05, 4.69) is 12.6 Å². The van der Waals surface area contributed by atoms with Gasteiger partial charge in [-0.25, -0.2) is 0 Å². The van der Waals surface area contributed by atoms with Gasteiger partial charge in [0.25, 0.3) is 0 Å². The molecule has 2 atom stereocenters. The Labute approximate surface area is 226 Å². The highest BCUT2D eigenvalue weighted by Gasteiger charge is 2.37. The topological polar surface area (TPSA) is 80.3 Å². The van der Waals surface area contributed by atoms with Crippen molar-refractivity contribution < 1.29 is 33.3 Å². The van der Waals surface area contributed by atoms with Crippen molar-refractivity contribution in [2.24, 2.45) is 10.8 Å². The number of rotatable bonds is 9. The zero-order valence-electron chi connectivity index (χ0n) is 23.8. The first-order valence-corrected chi connectivity index (χ1v) is 12.9. The van der Waals surface area contributed by atoms with E-state index in [9.17, 15) is 9.59 Å². The predicted molar refractivity (Wildman–Crippen MR) is 146 cm³/mol. The van der Waals surface area contributed by atoms with Crippen LogP contribution in [0.1, 0.15) is 76.7 Å². The fourth-order valence-electron chi connectivity index (χ4n) is 4.10. The van der Waals surface area contributed by atoms with Gasteiger partial charge in [0.2, 0.25) is 0 Å². The molecule has 206 valence electrons. The molecule has 7 heteroatoms. The van der Waals surface area contributed by atoms with E-state index in [1.807, 2.05) is 45.0 Å². The third kappa shape index (κ3) is 6.50. The Morgan fingerprint density at radius 3 is 2.16 bits per heavy atom. The van der Waals surface area contributed by atoms with Gasteiger partial charge in [-0.3, -0.25) is 9.59 Å². The summed E-state index contributed by atoms with van der Waals surface area (Å²) in [7, 11) is 3.16. The summed E-state index contributed by atoms with van der Waals surface area (Å²) < 4.78 is 28.6. The molecule has 0 amide bonds. The van der Waals surface area contributed by atoms with Crippen LogP contribution >= 0.6 is 0 Å². The molecular formula is C31H40O7. The number of carbonyl (C=O) groups is 2. The summed E-state index contributed by atoms with van der Waals surface area (Å²) >= 11 is 0. The molecule has 2 aromatic rings. The first kappa shape index (κ1) is 29.1. The second-order valence-electron chi connectivity index (χ2n) is 11.6. The molecule has 1 heterocycles. The smallest absolute Gasteiger partial charge is 0.316 e. The molecular weight excluding hydrogens is 484 g/mol. The van der Waals surface area contributed by atoms with Gasteiger partial charge in [0.15, 0.2) is 23.0 Å². The largest absolute Gasteiger partial charge is 0.493 e. The second kappa shape index (κ2) is 11.5. The minimum absolute atomic E-state index is 0.134. The summed E-state index contributed by atoms with van der Waals surface area (Å²) in [6.45, 7) is 15.3. The van der Waals surface area contributed by atoms with Gasteiger partial charge in [-0.1, -0.05) is 18.2 Å². The molecule has 0 N–H and O–H groups in total. The fraction of sp³-hybridized carbons (Fsp3) is 0.484. The first-order valence-electron chi connectivity index (χ1n) is 12.9. The Morgan fingerprint density at radius 1 is 0.921 bits per heavy atom. The van der Waals surface area contributed by atoms with Crippen molar-refractivity contribution in [3.8, 4) is 23.0 Å². The van der Waals surface area contributed by atoms with Crippen molar-refractivity contribution in [2.75, 3.05) is 20.8 Å². The molecule has 0 radical (unpaired) electrons. The van der Waals surface area contributed by atoms with Gasteiger partial charge >= 0.3 is 11.9 Å². The molecule has 0 unspecified atom stereocenters. The van der Waals surface area contributed by atoms with Gasteiger partial charge in [0.05, 0.1) is 31.7 Å². The Balaban J connectivity index is 1.82. The predicted octanol–water partition coefficient (Wildman–Crippen LogP) is 6.58. The molecule has 0 spiro atoms. The van der Waals surface area contributed by atoms with E-state index >= 15 is 0 Å². The van der Waals surface area contributed by atoms with Gasteiger partial charge in [-0.05, 0) is 83.7 Å². The summed E-state index contributed by atoms with van der Waals surface area (Å²) in [5, 5.41) is 0. The van der Waals surface area contributed by atoms with Gasteiger partial charge in [0, 0.05) is 11.5 Å². The maximum Gasteiger partial charge on any atom is 0.316 e. The summed E-state index contributed by atoms with van der Waals surface area (Å²) in [5.74, 6) is 1.43. The number of esters is 2. The lowest BCUT2D eigenvalue weighted by Crippen LogP contribution is -2.25. The van der Waals surface area contributed by atoms with Crippen LogP contribution in [0, 0.1) is 10.8 Å². The summed E-state index contributed by atoms with van der Waals surface area (Å²) in [4.78, 5) is 24.5. The van der Waals surface area contributed by atoms with Gasteiger partial charge < -0.3 is 23.7 Å². The average molecular weight is 525 g/mol. The van der Waals surface area contributed by atoms with Crippen molar-refractivity contribution in [3.05, 3.63) is 59.7 Å². The maximum absolute atomic E-state index is 12.4. The minimum atomic E-state index is -0.643. The lowest BCUT2D eigenvalue weighted by atomic mass is 9.89. The SMILES string of the molecule is C=C[C@@H]1c2cc(CCCOC(=O)C(C)(C)C)cc(OC)c2O[C@@H]1c1ccc(OC(=O)C(C)(C)C)c(OC)c1. The number of methoxy groups -OCH3 is 2. The minimum Gasteiger partial charge on any atom is -0.493 e. The normalized spacial score (nSPS) is 16.7. The molecule has 7 nitrogen and oxygen atoms in total. The van der Waals surface area contributed by atoms with Crippen molar-refractivity contribution in [3.63, 3.8) is 0 Å². The van der Waals surface area contributed by atoms with E-state index in [-0.39, 0.29) is 24.0 Å². The molecule has 0 aliphatic carbocycles. The van der Waals surface area contributed by atoms with Crippen LogP contribution < -0.4 is 18.9 Å². The number of aryl methyl sites for hydroxylation is 1. The Morgan fingerprint density at radius 2 is 1.58 bits per heavy atom. The molecule has 0 bridgehead atoms. The summed E-state index contributed by atoms with van der Waals surface area (Å²) in [6.07, 6.45) is 2.92. The van der Waals surface area contributed by atoms with Crippen molar-refractivity contribution in [2.45, 2.75) is 66.4 Å². The van der Waals surface area contributed by atoms with Crippen molar-refractivity contribution >= 4 is 11.9 Å². The van der Waals surface area contributed by atoms with Crippen LogP contribution in [0.4, 0.5) is 0 Å². The van der Waals surface area contributed by atoms with E-state index in [1.54, 1.807) is 33.9 Å². The fourth-order valence-corrected chi connectivity index (χ4v) is 4.10. The highest BCUT2D eigenvalue weighted by atomic mass is 16.6. The lowest BCUT2D eigenvalue weighted by molar-refractivity contribution is -0.153. The number of benzene rings is 2. The molecule has 3 rings (SSSR count). The van der Waals surface area contributed by atoms with Crippen molar-refractivity contribution in [1.29, 1.82) is 0 Å². The molecule has 1 aliphatic heterocycles. The number of ether oxygens (including phenoxy) is 5. The van der Waals surface area contributed by atoms with Crippen LogP contribution in [0.5, 0.6) is 23.0 Å². The van der Waals surface area contributed by atoms with E-state index < -0.39 is 10.8 Å². The van der Waals surface area contributed by atoms with E-state index in [0.717, 1.165) is 23.1 Å². The van der Waals surface area contributed by atoms with Crippen LogP contribution in [0.15, 0.2) is 43.0 Å². The molecule has 0 fully saturated rings. The third-order valence-corrected chi connectivity index (χ3v) is 6.33. The molecule has 0 saturated heterocycles. The molecule has 0 aromatic heterocycles. The highest BCUT2D eigenvalue weighted by Crippen LogP contribution is 2.52. The monoisotopic (exact) mass is 524 g/mol. The van der Waals surface area contributed by atoms with E-state index in [0.29, 0.717) is 36.0 Å². The molecule has 38 heavy (non-hydrogen) atoms. The molecule has 2 aromatic carbocycles. The highest BCUT2D eigenvalue weighted by molar-refractivity contribution is 5.78. The van der Waals surface area contributed by atoms with Gasteiger partial charge in [0.1, 0.15) is 6.10 Å². The average Bonchev–Trinajstić information content (AvgIpc) is 3.23.